The average molecular weight is 251 g/mol. The summed E-state index contributed by atoms with van der Waals surface area (Å²) in [4.78, 5) is 8.34. The number of nitrogens with one attached hydrogen (secondary N) is 2. The largest absolute Gasteiger partial charge is 0.462 e. The van der Waals surface area contributed by atoms with E-state index in [0.717, 1.165) is 22.0 Å². The van der Waals surface area contributed by atoms with Crippen LogP contribution in [0.25, 0.3) is 22.0 Å². The van der Waals surface area contributed by atoms with Crippen LogP contribution in [0.4, 0.5) is 11.5 Å². The third-order valence-corrected chi connectivity index (χ3v) is 2.98. The Hall–Kier alpha value is -2.89. The van der Waals surface area contributed by atoms with Gasteiger partial charge in [0.25, 0.3) is 0 Å². The quantitative estimate of drug-likeness (QED) is 0.572. The van der Waals surface area contributed by atoms with Crippen molar-refractivity contribution in [1.29, 1.82) is 0 Å². The lowest BCUT2D eigenvalue weighted by molar-refractivity contribution is 0.617. The molecule has 4 aromatic rings. The predicted octanol–water partition coefficient (Wildman–Crippen LogP) is 2.84. The Morgan fingerprint density at radius 2 is 2.05 bits per heavy atom. The van der Waals surface area contributed by atoms with E-state index in [1.165, 1.54) is 6.33 Å². The zero-order valence-electron chi connectivity index (χ0n) is 9.79. The number of nitrogens with zero attached hydrogens (tertiary/aromatic N) is 3. The average Bonchev–Trinajstić information content (AvgIpc) is 3.06. The molecule has 0 spiro atoms. The summed E-state index contributed by atoms with van der Waals surface area (Å²) in [5.74, 6) is 0.699. The van der Waals surface area contributed by atoms with Gasteiger partial charge in [-0.1, -0.05) is 12.1 Å². The number of hydrogen-bond donors (Lipinski definition) is 2. The second-order valence-electron chi connectivity index (χ2n) is 4.13. The molecule has 1 aromatic carbocycles. The van der Waals surface area contributed by atoms with Gasteiger partial charge in [-0.15, -0.1) is 0 Å². The van der Waals surface area contributed by atoms with Crippen molar-refractivity contribution in [3.63, 3.8) is 0 Å². The van der Waals surface area contributed by atoms with Crippen molar-refractivity contribution in [2.24, 2.45) is 0 Å². The highest BCUT2D eigenvalue weighted by Crippen LogP contribution is 2.29. The van der Waals surface area contributed by atoms with Gasteiger partial charge in [-0.3, -0.25) is 5.10 Å². The molecule has 92 valence electrons. The van der Waals surface area contributed by atoms with Crippen LogP contribution in [-0.2, 0) is 0 Å². The molecule has 0 radical (unpaired) electrons. The lowest BCUT2D eigenvalue weighted by Gasteiger charge is -2.03. The van der Waals surface area contributed by atoms with Crippen molar-refractivity contribution in [2.45, 2.75) is 0 Å². The number of H-pyrrole nitrogens is 1. The van der Waals surface area contributed by atoms with Gasteiger partial charge in [0, 0.05) is 5.39 Å². The van der Waals surface area contributed by atoms with Crippen LogP contribution < -0.4 is 5.32 Å². The van der Waals surface area contributed by atoms with Gasteiger partial charge < -0.3 is 9.73 Å². The molecular weight excluding hydrogens is 242 g/mol. The highest BCUT2D eigenvalue weighted by Gasteiger charge is 2.09. The molecule has 0 aliphatic rings. The minimum atomic E-state index is 0.699. The number of fused-ring (bicyclic) bond motifs is 2. The first-order chi connectivity index (χ1) is 9.42. The monoisotopic (exact) mass is 251 g/mol. The molecule has 6 nitrogen and oxygen atoms in total. The van der Waals surface area contributed by atoms with Crippen LogP contribution in [-0.4, -0.2) is 20.2 Å². The van der Waals surface area contributed by atoms with Crippen LogP contribution in [0.1, 0.15) is 0 Å². The molecule has 4 rings (SSSR count). The Morgan fingerprint density at radius 3 is 3.05 bits per heavy atom. The van der Waals surface area contributed by atoms with E-state index in [1.807, 2.05) is 24.3 Å². The molecule has 0 fully saturated rings. The smallest absolute Gasteiger partial charge is 0.160 e. The molecule has 6 heteroatoms. The van der Waals surface area contributed by atoms with Crippen molar-refractivity contribution in [1.82, 2.24) is 20.2 Å². The van der Waals surface area contributed by atoms with E-state index >= 15 is 0 Å². The molecule has 19 heavy (non-hydrogen) atoms. The molecule has 0 amide bonds. The van der Waals surface area contributed by atoms with Crippen LogP contribution in [0.5, 0.6) is 0 Å². The summed E-state index contributed by atoms with van der Waals surface area (Å²) in [6, 6.07) is 7.83. The van der Waals surface area contributed by atoms with Crippen LogP contribution in [0.3, 0.4) is 0 Å². The number of anilines is 2. The standard InChI is InChI=1S/C13H9N5O/c1-2-4-11-8(3-1)10(6-19-11)17-12-9-5-16-18-13(9)15-7-14-12/h1-7H,(H2,14,15,16,17,18). The number of aromatic amines is 1. The maximum absolute atomic E-state index is 5.49. The zero-order valence-corrected chi connectivity index (χ0v) is 9.79. The maximum atomic E-state index is 5.49. The topological polar surface area (TPSA) is 79.6 Å². The number of rotatable bonds is 2. The minimum absolute atomic E-state index is 0.699. The Bertz CT molecular complexity index is 863. The summed E-state index contributed by atoms with van der Waals surface area (Å²) in [6.45, 7) is 0. The summed E-state index contributed by atoms with van der Waals surface area (Å²) >= 11 is 0. The zero-order chi connectivity index (χ0) is 12.7. The normalized spacial score (nSPS) is 11.2. The number of benzene rings is 1. The highest BCUT2D eigenvalue weighted by atomic mass is 16.3. The van der Waals surface area contributed by atoms with E-state index in [1.54, 1.807) is 12.5 Å². The first kappa shape index (κ1) is 10.1. The van der Waals surface area contributed by atoms with Crippen LogP contribution in [0.15, 0.2) is 47.5 Å². The SMILES string of the molecule is c1ccc2c(Nc3ncnc4[nH]ncc34)coc2c1. The first-order valence-corrected chi connectivity index (χ1v) is 5.79. The molecule has 0 unspecified atom stereocenters. The van der Waals surface area contributed by atoms with E-state index in [2.05, 4.69) is 25.5 Å². The van der Waals surface area contributed by atoms with E-state index < -0.39 is 0 Å². The second-order valence-corrected chi connectivity index (χ2v) is 4.13. The molecule has 2 N–H and O–H groups in total. The van der Waals surface area contributed by atoms with Gasteiger partial charge >= 0.3 is 0 Å². The minimum Gasteiger partial charge on any atom is -0.462 e. The molecule has 3 aromatic heterocycles. The lowest BCUT2D eigenvalue weighted by atomic mass is 10.2. The maximum Gasteiger partial charge on any atom is 0.160 e. The van der Waals surface area contributed by atoms with Gasteiger partial charge in [-0.25, -0.2) is 9.97 Å². The highest BCUT2D eigenvalue weighted by molar-refractivity contribution is 5.95. The number of furan rings is 1. The lowest BCUT2D eigenvalue weighted by Crippen LogP contribution is -1.94. The van der Waals surface area contributed by atoms with E-state index in [9.17, 15) is 0 Å². The Labute approximate surface area is 107 Å². The summed E-state index contributed by atoms with van der Waals surface area (Å²) in [5.41, 5.74) is 2.41. The van der Waals surface area contributed by atoms with Crippen molar-refractivity contribution in [3.8, 4) is 0 Å². The molecule has 0 bridgehead atoms. The first-order valence-electron chi connectivity index (χ1n) is 5.79. The van der Waals surface area contributed by atoms with Crippen LogP contribution in [0.2, 0.25) is 0 Å². The van der Waals surface area contributed by atoms with Crippen molar-refractivity contribution in [2.75, 3.05) is 5.32 Å². The number of hydrogen-bond acceptors (Lipinski definition) is 5. The van der Waals surface area contributed by atoms with Gasteiger partial charge in [-0.2, -0.15) is 5.10 Å². The summed E-state index contributed by atoms with van der Waals surface area (Å²) < 4.78 is 5.49. The predicted molar refractivity (Wildman–Crippen MR) is 71.2 cm³/mol. The van der Waals surface area contributed by atoms with Gasteiger partial charge in [0.05, 0.1) is 17.3 Å². The summed E-state index contributed by atoms with van der Waals surface area (Å²) in [7, 11) is 0. The third-order valence-electron chi connectivity index (χ3n) is 2.98. The van der Waals surface area contributed by atoms with Gasteiger partial charge in [0.1, 0.15) is 24.0 Å². The Morgan fingerprint density at radius 1 is 1.11 bits per heavy atom. The van der Waals surface area contributed by atoms with Crippen molar-refractivity contribution in [3.05, 3.63) is 43.1 Å². The van der Waals surface area contributed by atoms with Crippen molar-refractivity contribution >= 4 is 33.5 Å². The fourth-order valence-electron chi connectivity index (χ4n) is 2.07. The van der Waals surface area contributed by atoms with Gasteiger partial charge in [0.2, 0.25) is 0 Å². The Kier molecular flexibility index (Phi) is 2.02. The van der Waals surface area contributed by atoms with Crippen LogP contribution >= 0.6 is 0 Å². The fourth-order valence-corrected chi connectivity index (χ4v) is 2.07. The molecule has 0 atom stereocenters. The molecule has 3 heterocycles. The van der Waals surface area contributed by atoms with E-state index in [-0.39, 0.29) is 0 Å². The second kappa shape index (κ2) is 3.81. The molecule has 0 aliphatic carbocycles. The molecule has 0 saturated heterocycles. The van der Waals surface area contributed by atoms with Gasteiger partial charge in [0.15, 0.2) is 5.65 Å². The van der Waals surface area contributed by atoms with Crippen molar-refractivity contribution < 1.29 is 4.42 Å². The summed E-state index contributed by atoms with van der Waals surface area (Å²) in [5, 5.41) is 11.9. The van der Waals surface area contributed by atoms with E-state index in [0.29, 0.717) is 11.5 Å². The van der Waals surface area contributed by atoms with E-state index in [4.69, 9.17) is 4.42 Å². The fraction of sp³-hybridized carbons (Fsp3) is 0. The summed E-state index contributed by atoms with van der Waals surface area (Å²) in [6.07, 6.45) is 4.86. The third kappa shape index (κ3) is 1.54. The van der Waals surface area contributed by atoms with Crippen LogP contribution in [0, 0.1) is 0 Å². The molecule has 0 saturated carbocycles. The molecule has 0 aliphatic heterocycles. The Balaban J connectivity index is 1.84. The van der Waals surface area contributed by atoms with Gasteiger partial charge in [-0.05, 0) is 12.1 Å². The molecular formula is C13H9N5O. The number of aromatic nitrogens is 4. The number of para-hydroxylation sites is 1.